The molecular weight excluding hydrogens is 544 g/mol. The predicted octanol–water partition coefficient (Wildman–Crippen LogP) is 4.73. The van der Waals surface area contributed by atoms with Gasteiger partial charge in [-0.3, -0.25) is 19.5 Å². The van der Waals surface area contributed by atoms with Crippen LogP contribution in [-0.2, 0) is 15.5 Å². The van der Waals surface area contributed by atoms with Gasteiger partial charge >= 0.3 is 0 Å². The van der Waals surface area contributed by atoms with Crippen molar-refractivity contribution >= 4 is 29.8 Å². The van der Waals surface area contributed by atoms with Gasteiger partial charge in [-0.05, 0) is 81.5 Å². The molecule has 0 unspecified atom stereocenters. The van der Waals surface area contributed by atoms with E-state index < -0.39 is 23.1 Å². The average molecular weight is 582 g/mol. The summed E-state index contributed by atoms with van der Waals surface area (Å²) in [5.41, 5.74) is 2.18. The summed E-state index contributed by atoms with van der Waals surface area (Å²) >= 11 is 0. The third kappa shape index (κ3) is 7.08. The van der Waals surface area contributed by atoms with Crippen LogP contribution in [0.3, 0.4) is 0 Å². The van der Waals surface area contributed by atoms with Crippen LogP contribution in [0.2, 0.25) is 0 Å². The Kier molecular flexibility index (Phi) is 8.93. The molecule has 1 aromatic heterocycles. The summed E-state index contributed by atoms with van der Waals surface area (Å²) in [6, 6.07) is 7.66. The number of nitrogens with one attached hydrogen (secondary N) is 1. The maximum Gasteiger partial charge on any atom is 0.286 e. The van der Waals surface area contributed by atoms with Crippen LogP contribution in [0, 0.1) is 6.92 Å². The highest BCUT2D eigenvalue weighted by molar-refractivity contribution is 6.04. The standard InChI is InChI=1S/C31H37F2N5O4/c1-19-7-8-22(36-29(40)21-9-10-35-26(14-21)31(5,32)33)15-24(19)20(2)13-25-28(34-6)38(18-30(3,4)41)27(39)16-23-17-42-12-11-37(23)25/h7-10,13-15,23,41H,6,11-12,16-18H2,1-5H3,(H,36,40)/b20-13+/t23-/m1/s1. The molecule has 1 aromatic carbocycles. The fourth-order valence-electron chi connectivity index (χ4n) is 5.12. The first-order valence-electron chi connectivity index (χ1n) is 13.7. The Morgan fingerprint density at radius 1 is 1.29 bits per heavy atom. The molecule has 9 nitrogen and oxygen atoms in total. The van der Waals surface area contributed by atoms with Gasteiger partial charge < -0.3 is 20.1 Å². The molecule has 11 heteroatoms. The molecule has 2 N–H and O–H groups in total. The maximum atomic E-state index is 13.8. The van der Waals surface area contributed by atoms with E-state index in [2.05, 4.69) is 26.9 Å². The number of alkyl halides is 2. The molecule has 0 bridgehead atoms. The van der Waals surface area contributed by atoms with Crippen molar-refractivity contribution in [1.82, 2.24) is 14.8 Å². The van der Waals surface area contributed by atoms with Crippen molar-refractivity contribution in [3.8, 4) is 0 Å². The normalized spacial score (nSPS) is 18.5. The molecule has 2 aliphatic rings. The van der Waals surface area contributed by atoms with E-state index in [1.807, 2.05) is 32.1 Å². The Labute approximate surface area is 244 Å². The topological polar surface area (TPSA) is 107 Å². The van der Waals surface area contributed by atoms with Gasteiger partial charge in [0.25, 0.3) is 11.8 Å². The lowest BCUT2D eigenvalue weighted by Gasteiger charge is -2.36. The zero-order valence-electron chi connectivity index (χ0n) is 24.6. The van der Waals surface area contributed by atoms with Crippen LogP contribution in [0.1, 0.15) is 61.3 Å². The van der Waals surface area contributed by atoms with Gasteiger partial charge in [-0.25, -0.2) is 4.99 Å². The minimum Gasteiger partial charge on any atom is -0.389 e. The smallest absolute Gasteiger partial charge is 0.286 e. The molecule has 42 heavy (non-hydrogen) atoms. The summed E-state index contributed by atoms with van der Waals surface area (Å²) in [7, 11) is 0. The predicted molar refractivity (Wildman–Crippen MR) is 157 cm³/mol. The van der Waals surface area contributed by atoms with Gasteiger partial charge in [-0.15, -0.1) is 0 Å². The average Bonchev–Trinajstić information content (AvgIpc) is 3.02. The van der Waals surface area contributed by atoms with Crippen molar-refractivity contribution in [2.75, 3.05) is 31.6 Å². The van der Waals surface area contributed by atoms with Crippen LogP contribution >= 0.6 is 0 Å². The molecule has 4 rings (SSSR count). The number of hydrogen-bond acceptors (Lipinski definition) is 7. The Morgan fingerprint density at radius 3 is 2.69 bits per heavy atom. The van der Waals surface area contributed by atoms with E-state index in [0.29, 0.717) is 37.0 Å². The third-order valence-electron chi connectivity index (χ3n) is 7.17. The molecule has 0 saturated carbocycles. The number of aromatic nitrogens is 1. The van der Waals surface area contributed by atoms with Crippen LogP contribution in [0.15, 0.2) is 59.1 Å². The number of aryl methyl sites for hydroxylation is 1. The second-order valence-electron chi connectivity index (χ2n) is 11.4. The van der Waals surface area contributed by atoms with Gasteiger partial charge in [0, 0.05) is 37.3 Å². The molecule has 2 aliphatic heterocycles. The molecule has 2 amide bonds. The Morgan fingerprint density at radius 2 is 2.02 bits per heavy atom. The summed E-state index contributed by atoms with van der Waals surface area (Å²) in [5.74, 6) is -3.54. The summed E-state index contributed by atoms with van der Waals surface area (Å²) in [4.78, 5) is 37.8. The number of hydrogen-bond donors (Lipinski definition) is 2. The third-order valence-corrected chi connectivity index (χ3v) is 7.17. The number of aliphatic hydroxyl groups is 1. The highest BCUT2D eigenvalue weighted by atomic mass is 19.3. The van der Waals surface area contributed by atoms with Gasteiger partial charge in [-0.1, -0.05) is 6.07 Å². The highest BCUT2D eigenvalue weighted by Crippen LogP contribution is 2.33. The number of nitrogens with zero attached hydrogens (tertiary/aromatic N) is 4. The number of allylic oxidation sites excluding steroid dienone is 2. The molecule has 1 atom stereocenters. The van der Waals surface area contributed by atoms with E-state index in [1.165, 1.54) is 17.2 Å². The monoisotopic (exact) mass is 581 g/mol. The number of morpholine rings is 1. The molecule has 224 valence electrons. The van der Waals surface area contributed by atoms with E-state index in [-0.39, 0.29) is 30.5 Å². The summed E-state index contributed by atoms with van der Waals surface area (Å²) in [5, 5.41) is 13.4. The van der Waals surface area contributed by atoms with Crippen LogP contribution in [0.4, 0.5) is 14.5 Å². The van der Waals surface area contributed by atoms with Crippen molar-refractivity contribution in [1.29, 1.82) is 0 Å². The number of ether oxygens (including phenoxy) is 1. The number of rotatable bonds is 8. The molecule has 0 spiro atoms. The SMILES string of the molecule is C=NC1=C(/C=C(\C)c2cc(NC(=O)c3ccnc(C(C)(F)F)c3)ccc2C)N2CCOC[C@H]2CC(=O)N1CC(C)(C)O. The number of fused-ring (bicyclic) bond motifs is 1. The fourth-order valence-corrected chi connectivity index (χ4v) is 5.12. The molecule has 1 saturated heterocycles. The number of pyridine rings is 1. The zero-order chi connectivity index (χ0) is 30.8. The second kappa shape index (κ2) is 12.1. The quantitative estimate of drug-likeness (QED) is 0.437. The van der Waals surface area contributed by atoms with E-state index in [9.17, 15) is 23.5 Å². The van der Waals surface area contributed by atoms with Crippen molar-refractivity contribution in [3.05, 3.63) is 76.5 Å². The fraction of sp³-hybridized carbons (Fsp3) is 0.419. The number of halogens is 2. The summed E-state index contributed by atoms with van der Waals surface area (Å²) in [6.07, 6.45) is 3.32. The van der Waals surface area contributed by atoms with Crippen molar-refractivity contribution in [2.24, 2.45) is 4.99 Å². The lowest BCUT2D eigenvalue weighted by Crippen LogP contribution is -2.45. The number of benzene rings is 1. The Balaban J connectivity index is 1.72. The minimum atomic E-state index is -3.17. The van der Waals surface area contributed by atoms with Crippen molar-refractivity contribution < 1.29 is 28.2 Å². The second-order valence-corrected chi connectivity index (χ2v) is 11.4. The number of carbonyl (C=O) groups is 2. The van der Waals surface area contributed by atoms with E-state index in [1.54, 1.807) is 19.9 Å². The minimum absolute atomic E-state index is 0.0409. The van der Waals surface area contributed by atoms with Gasteiger partial charge in [-0.2, -0.15) is 8.78 Å². The van der Waals surface area contributed by atoms with E-state index >= 15 is 0 Å². The van der Waals surface area contributed by atoms with E-state index in [4.69, 9.17) is 4.74 Å². The molecule has 3 heterocycles. The zero-order valence-corrected chi connectivity index (χ0v) is 24.6. The van der Waals surface area contributed by atoms with Gasteiger partial charge in [0.2, 0.25) is 5.91 Å². The summed E-state index contributed by atoms with van der Waals surface area (Å²) in [6.45, 7) is 13.1. The van der Waals surface area contributed by atoms with Gasteiger partial charge in [0.15, 0.2) is 5.82 Å². The Hall–Kier alpha value is -3.96. The number of amides is 2. The van der Waals surface area contributed by atoms with Crippen molar-refractivity contribution in [2.45, 2.75) is 58.6 Å². The number of anilines is 1. The summed E-state index contributed by atoms with van der Waals surface area (Å²) < 4.78 is 33.2. The van der Waals surface area contributed by atoms with E-state index in [0.717, 1.165) is 29.7 Å². The number of aliphatic imine (C=N–C) groups is 1. The number of carbonyl (C=O) groups excluding carboxylic acids is 2. The first kappa shape index (κ1) is 31.0. The maximum absolute atomic E-state index is 13.8. The number of β-amino-alcohol motifs (C(OH)–C–C–N with tert-alkyl or cyclic N) is 1. The van der Waals surface area contributed by atoms with Crippen LogP contribution in [0.5, 0.6) is 0 Å². The highest BCUT2D eigenvalue weighted by Gasteiger charge is 2.37. The molecular formula is C31H37F2N5O4. The largest absolute Gasteiger partial charge is 0.389 e. The van der Waals surface area contributed by atoms with Crippen LogP contribution < -0.4 is 5.32 Å². The van der Waals surface area contributed by atoms with Crippen LogP contribution in [-0.4, -0.2) is 76.4 Å². The first-order valence-corrected chi connectivity index (χ1v) is 13.7. The molecule has 1 fully saturated rings. The lowest BCUT2D eigenvalue weighted by molar-refractivity contribution is -0.133. The molecule has 0 aliphatic carbocycles. The van der Waals surface area contributed by atoms with Crippen molar-refractivity contribution in [3.63, 3.8) is 0 Å². The lowest BCUT2D eigenvalue weighted by atomic mass is 9.99. The van der Waals surface area contributed by atoms with Gasteiger partial charge in [0.05, 0.1) is 37.1 Å². The van der Waals surface area contributed by atoms with Crippen LogP contribution in [0.25, 0.3) is 5.57 Å². The molecule has 0 radical (unpaired) electrons. The first-order chi connectivity index (χ1) is 19.7. The molecule has 2 aromatic rings. The van der Waals surface area contributed by atoms with Gasteiger partial charge in [0.1, 0.15) is 5.69 Å². The Bertz CT molecular complexity index is 1440.